The largest absolute Gasteiger partial charge is 0.358 e. The number of hydrogen-bond donors (Lipinski definition) is 0. The molecule has 4 aliphatic carbocycles. The third-order valence-corrected chi connectivity index (χ3v) is 9.82. The molecular weight excluding hydrogens is 727 g/mol. The van der Waals surface area contributed by atoms with Gasteiger partial charge in [-0.15, -0.1) is 53.3 Å². The van der Waals surface area contributed by atoms with Gasteiger partial charge in [0.1, 0.15) is 0 Å². The Kier molecular flexibility index (Phi) is 14.7. The average molecular weight is 781 g/mol. The van der Waals surface area contributed by atoms with Crippen molar-refractivity contribution in [1.29, 1.82) is 0 Å². The summed E-state index contributed by atoms with van der Waals surface area (Å²) in [6.07, 6.45) is 14.8. The summed E-state index contributed by atoms with van der Waals surface area (Å²) >= 11 is 1.30. The van der Waals surface area contributed by atoms with Gasteiger partial charge in [0.05, 0.1) is 0 Å². The van der Waals surface area contributed by atoms with E-state index in [1.165, 1.54) is 96.2 Å². The number of allylic oxidation sites excluding steroid dienone is 8. The molecule has 0 bridgehead atoms. The van der Waals surface area contributed by atoms with Crippen molar-refractivity contribution in [1.82, 2.24) is 0 Å². The second-order valence-electron chi connectivity index (χ2n) is 15.5. The van der Waals surface area contributed by atoms with E-state index in [2.05, 4.69) is 152 Å². The van der Waals surface area contributed by atoms with Crippen LogP contribution in [0.1, 0.15) is 103 Å². The second kappa shape index (κ2) is 16.8. The number of rotatable bonds is 0. The Labute approximate surface area is 331 Å². The number of fused-ring (bicyclic) bond motifs is 6. The van der Waals surface area contributed by atoms with Gasteiger partial charge in [0.2, 0.25) is 0 Å². The smallest absolute Gasteiger partial charge is 0.0648 e. The molecule has 0 aliphatic heterocycles. The Morgan fingerprint density at radius 2 is 1.38 bits per heavy atom. The van der Waals surface area contributed by atoms with Crippen molar-refractivity contribution in [3.05, 3.63) is 150 Å². The molecular formula is C47H54Cl2Zr-4. The zero-order valence-electron chi connectivity index (χ0n) is 31.9. The maximum absolute atomic E-state index is 3.65. The Hall–Kier alpha value is -2.57. The summed E-state index contributed by atoms with van der Waals surface area (Å²) in [5, 5.41) is 2.53. The molecule has 4 aromatic carbocycles. The summed E-state index contributed by atoms with van der Waals surface area (Å²) in [6.45, 7) is 22.5. The Morgan fingerprint density at radius 3 is 1.92 bits per heavy atom. The molecule has 4 aromatic rings. The van der Waals surface area contributed by atoms with Crippen LogP contribution in [0, 0.1) is 37.0 Å². The van der Waals surface area contributed by atoms with Gasteiger partial charge in [-0.25, -0.2) is 11.6 Å². The van der Waals surface area contributed by atoms with E-state index < -0.39 is 0 Å². The molecule has 0 N–H and O–H groups in total. The fourth-order valence-electron chi connectivity index (χ4n) is 7.40. The predicted octanol–water partition coefficient (Wildman–Crippen LogP) is 13.3. The van der Waals surface area contributed by atoms with Gasteiger partial charge in [0.25, 0.3) is 0 Å². The molecule has 0 heterocycles. The zero-order valence-corrected chi connectivity index (χ0v) is 36.0. The summed E-state index contributed by atoms with van der Waals surface area (Å²) in [6, 6.07) is 27.1. The van der Waals surface area contributed by atoms with E-state index in [0.29, 0.717) is 11.3 Å². The van der Waals surface area contributed by atoms with Crippen molar-refractivity contribution < 1.29 is 24.2 Å². The average Bonchev–Trinajstić information content (AvgIpc) is 3.74. The summed E-state index contributed by atoms with van der Waals surface area (Å²) in [5.41, 5.74) is 16.3. The van der Waals surface area contributed by atoms with Gasteiger partial charge in [-0.2, -0.15) is 41.5 Å². The first kappa shape index (κ1) is 43.6. The van der Waals surface area contributed by atoms with Crippen LogP contribution in [0.5, 0.6) is 0 Å². The normalized spacial score (nSPS) is 17.4. The zero-order chi connectivity index (χ0) is 34.3. The van der Waals surface area contributed by atoms with Crippen molar-refractivity contribution >= 4 is 50.9 Å². The van der Waals surface area contributed by atoms with Crippen LogP contribution < -0.4 is 0 Å². The first-order valence-corrected chi connectivity index (χ1v) is 18.6. The molecule has 4 aliphatic rings. The standard InChI is InChI=1S/C25H25.C10H7.C10H15.CH3.CH2.2ClH.Zr/c1-14-12-24(3,4)22-8-16-7-17-9-23-19(15(2)13-25(23,5)6)11-21(17)20(16)10-18(14)22;1-2-6-10-8-4-3-7-9(10)5-1;1-8-5-6-9(7-8)10(2,3)4;;;;;/h8-12H,7H2,1-6H3;1-3,5-8H;6-8H,1-4H3;1H3;1H2;2*1H;/q4*-1;;;;. The van der Waals surface area contributed by atoms with Crippen LogP contribution in [0.4, 0.5) is 0 Å². The SMILES string of the molecule is CC1=[C-]C(C)(C)c2cc3c(cc21)-c1cc2c(cc1C3)C(C)(C)C=C2C.CC1[C-]=CC(C(C)(C)C)=C1.Cl.Cl.[CH2]=[Zr].[CH3-].[c-]1ccc2ccccc2c1. The number of benzene rings is 4. The van der Waals surface area contributed by atoms with E-state index in [1.807, 2.05) is 24.3 Å². The van der Waals surface area contributed by atoms with Gasteiger partial charge in [-0.1, -0.05) is 115 Å². The summed E-state index contributed by atoms with van der Waals surface area (Å²) in [7, 11) is 0. The van der Waals surface area contributed by atoms with Crippen LogP contribution in [0.15, 0.2) is 90.5 Å². The van der Waals surface area contributed by atoms with Crippen LogP contribution in [0.3, 0.4) is 0 Å². The minimum Gasteiger partial charge on any atom is -0.358 e. The molecule has 264 valence electrons. The molecule has 50 heavy (non-hydrogen) atoms. The number of halogens is 2. The predicted molar refractivity (Wildman–Crippen MR) is 222 cm³/mol. The first-order valence-electron chi connectivity index (χ1n) is 16.8. The van der Waals surface area contributed by atoms with Gasteiger partial charge in [0, 0.05) is 5.41 Å². The van der Waals surface area contributed by atoms with E-state index in [-0.39, 0.29) is 43.1 Å². The van der Waals surface area contributed by atoms with Crippen molar-refractivity contribution in [2.24, 2.45) is 11.3 Å². The molecule has 1 unspecified atom stereocenters. The van der Waals surface area contributed by atoms with Gasteiger partial charge in [-0.3, -0.25) is 12.2 Å². The van der Waals surface area contributed by atoms with Crippen LogP contribution >= 0.6 is 24.8 Å². The fourth-order valence-corrected chi connectivity index (χ4v) is 7.40. The second-order valence-corrected chi connectivity index (χ2v) is 15.5. The van der Waals surface area contributed by atoms with Crippen molar-refractivity contribution in [2.75, 3.05) is 0 Å². The van der Waals surface area contributed by atoms with Gasteiger partial charge >= 0.3 is 28.4 Å². The maximum Gasteiger partial charge on any atom is -0.0648 e. The van der Waals surface area contributed by atoms with Gasteiger partial charge < -0.3 is 7.43 Å². The Balaban J connectivity index is 0.000000290. The maximum atomic E-state index is 3.65. The van der Waals surface area contributed by atoms with E-state index in [1.54, 1.807) is 0 Å². The molecule has 0 amide bonds. The summed E-state index contributed by atoms with van der Waals surface area (Å²) < 4.78 is 3.34. The fraction of sp³-hybridized carbons (Fsp3) is 0.319. The number of hydrogen-bond acceptors (Lipinski definition) is 0. The van der Waals surface area contributed by atoms with E-state index in [0.717, 1.165) is 6.42 Å². The quantitative estimate of drug-likeness (QED) is 0.137. The van der Waals surface area contributed by atoms with Gasteiger partial charge in [-0.05, 0) is 58.4 Å². The third kappa shape index (κ3) is 8.89. The first-order chi connectivity index (χ1) is 22.1. The Bertz CT molecular complexity index is 1810. The van der Waals surface area contributed by atoms with Gasteiger partial charge in [0.15, 0.2) is 0 Å². The third-order valence-electron chi connectivity index (χ3n) is 9.82. The van der Waals surface area contributed by atoms with E-state index in [9.17, 15) is 0 Å². The molecule has 0 saturated carbocycles. The van der Waals surface area contributed by atoms with Crippen LogP contribution in [0.2, 0.25) is 0 Å². The monoisotopic (exact) mass is 778 g/mol. The molecule has 8 rings (SSSR count). The van der Waals surface area contributed by atoms with E-state index in [4.69, 9.17) is 0 Å². The van der Waals surface area contributed by atoms with Crippen molar-refractivity contribution in [3.63, 3.8) is 0 Å². The summed E-state index contributed by atoms with van der Waals surface area (Å²) in [4.78, 5) is 0. The minimum atomic E-state index is 0. The summed E-state index contributed by atoms with van der Waals surface area (Å²) in [5.74, 6) is 0.522. The topological polar surface area (TPSA) is 0 Å². The van der Waals surface area contributed by atoms with Crippen LogP contribution in [0.25, 0.3) is 33.0 Å². The van der Waals surface area contributed by atoms with Crippen LogP contribution in [-0.4, -0.2) is 4.21 Å². The molecule has 1 atom stereocenters. The Morgan fingerprint density at radius 1 is 0.800 bits per heavy atom. The van der Waals surface area contributed by atoms with Crippen LogP contribution in [-0.2, 0) is 41.5 Å². The molecule has 3 heteroatoms. The molecule has 0 fully saturated rings. The molecule has 0 saturated heterocycles. The van der Waals surface area contributed by atoms with Crippen molar-refractivity contribution in [2.45, 2.75) is 86.5 Å². The minimum absolute atomic E-state index is 0. The molecule has 0 aromatic heterocycles. The molecule has 0 radical (unpaired) electrons. The van der Waals surface area contributed by atoms with E-state index >= 15 is 0 Å². The van der Waals surface area contributed by atoms with Crippen molar-refractivity contribution in [3.8, 4) is 11.1 Å². The molecule has 0 spiro atoms. The molecule has 0 nitrogen and oxygen atoms in total.